The highest BCUT2D eigenvalue weighted by Gasteiger charge is 2.11. The molecule has 164 valence electrons. The average Bonchev–Trinajstić information content (AvgIpc) is 2.65. The Labute approximate surface area is 179 Å². The lowest BCUT2D eigenvalue weighted by molar-refractivity contribution is 0.392. The van der Waals surface area contributed by atoms with E-state index in [1.54, 1.807) is 25.1 Å². The summed E-state index contributed by atoms with van der Waals surface area (Å²) < 4.78 is 37.5. The maximum Gasteiger partial charge on any atom is 0.191 e. The van der Waals surface area contributed by atoms with Crippen LogP contribution >= 0.6 is 0 Å². The standard InChI is InChI=1S/C22H31FN4O2S/c1-6-24-22(25-13-17-8-10-21(16(2)11-17)30(5,28)29)26-14-18-7-9-20(23)19(12-18)15-27(3)4/h7-12H,6,13-15H2,1-5H3,(H2,24,25,26). The monoisotopic (exact) mass is 434 g/mol. The second-order valence-corrected chi connectivity index (χ2v) is 9.57. The minimum Gasteiger partial charge on any atom is -0.357 e. The molecule has 8 heteroatoms. The van der Waals surface area contributed by atoms with Gasteiger partial charge >= 0.3 is 0 Å². The van der Waals surface area contributed by atoms with Crippen molar-refractivity contribution < 1.29 is 12.8 Å². The molecule has 0 aliphatic carbocycles. The Balaban J connectivity index is 2.09. The topological polar surface area (TPSA) is 73.8 Å². The Hall–Kier alpha value is -2.45. The van der Waals surface area contributed by atoms with Crippen LogP contribution < -0.4 is 10.6 Å². The predicted octanol–water partition coefficient (Wildman–Crippen LogP) is 2.85. The van der Waals surface area contributed by atoms with Crippen LogP contribution in [0.25, 0.3) is 0 Å². The molecular weight excluding hydrogens is 403 g/mol. The third-order valence-corrected chi connectivity index (χ3v) is 5.72. The highest BCUT2D eigenvalue weighted by atomic mass is 32.2. The van der Waals surface area contributed by atoms with Crippen LogP contribution in [0.15, 0.2) is 46.3 Å². The number of halogens is 1. The molecule has 0 radical (unpaired) electrons. The molecule has 2 N–H and O–H groups in total. The van der Waals surface area contributed by atoms with E-state index in [4.69, 9.17) is 0 Å². The number of guanidine groups is 1. The molecule has 2 aromatic rings. The van der Waals surface area contributed by atoms with Crippen molar-refractivity contribution in [3.63, 3.8) is 0 Å². The first-order chi connectivity index (χ1) is 14.1. The number of aliphatic imine (C=N–C) groups is 1. The van der Waals surface area contributed by atoms with E-state index in [-0.39, 0.29) is 5.82 Å². The molecule has 0 atom stereocenters. The lowest BCUT2D eigenvalue weighted by Crippen LogP contribution is -2.36. The van der Waals surface area contributed by atoms with Gasteiger partial charge in [0.25, 0.3) is 0 Å². The van der Waals surface area contributed by atoms with Crippen molar-refractivity contribution in [1.82, 2.24) is 15.5 Å². The SMILES string of the molecule is CCNC(=NCc1ccc(S(C)(=O)=O)c(C)c1)NCc1ccc(F)c(CN(C)C)c1. The molecule has 2 rings (SSSR count). The molecule has 2 aromatic carbocycles. The zero-order valence-electron chi connectivity index (χ0n) is 18.3. The molecule has 0 spiro atoms. The van der Waals surface area contributed by atoms with E-state index in [9.17, 15) is 12.8 Å². The molecule has 0 aromatic heterocycles. The van der Waals surface area contributed by atoms with E-state index in [0.29, 0.717) is 48.2 Å². The Morgan fingerprint density at radius 3 is 2.40 bits per heavy atom. The number of benzene rings is 2. The number of sulfone groups is 1. The average molecular weight is 435 g/mol. The number of nitrogens with zero attached hydrogens (tertiary/aromatic N) is 2. The van der Waals surface area contributed by atoms with Crippen LogP contribution in [0, 0.1) is 12.7 Å². The zero-order chi connectivity index (χ0) is 22.3. The molecule has 0 heterocycles. The van der Waals surface area contributed by atoms with E-state index < -0.39 is 9.84 Å². The lowest BCUT2D eigenvalue weighted by atomic mass is 10.1. The molecule has 0 aliphatic heterocycles. The van der Waals surface area contributed by atoms with Crippen LogP contribution in [-0.4, -0.2) is 46.2 Å². The lowest BCUT2D eigenvalue weighted by Gasteiger charge is -2.14. The van der Waals surface area contributed by atoms with Crippen molar-refractivity contribution in [2.24, 2.45) is 4.99 Å². The molecule has 6 nitrogen and oxygen atoms in total. The zero-order valence-corrected chi connectivity index (χ0v) is 19.1. The van der Waals surface area contributed by atoms with E-state index in [1.807, 2.05) is 38.1 Å². The second-order valence-electron chi connectivity index (χ2n) is 7.58. The molecular formula is C22H31FN4O2S. The minimum atomic E-state index is -3.23. The fourth-order valence-corrected chi connectivity index (χ4v) is 4.08. The van der Waals surface area contributed by atoms with E-state index in [0.717, 1.165) is 11.1 Å². The van der Waals surface area contributed by atoms with Gasteiger partial charge in [-0.3, -0.25) is 0 Å². The highest BCUT2D eigenvalue weighted by molar-refractivity contribution is 7.90. The van der Waals surface area contributed by atoms with Crippen LogP contribution in [0.3, 0.4) is 0 Å². The smallest absolute Gasteiger partial charge is 0.191 e. The maximum atomic E-state index is 14.0. The summed E-state index contributed by atoms with van der Waals surface area (Å²) in [7, 11) is 0.580. The van der Waals surface area contributed by atoms with Gasteiger partial charge in [-0.25, -0.2) is 17.8 Å². The Morgan fingerprint density at radius 1 is 1.10 bits per heavy atom. The molecule has 0 amide bonds. The Bertz CT molecular complexity index is 1000. The van der Waals surface area contributed by atoms with E-state index >= 15 is 0 Å². The van der Waals surface area contributed by atoms with E-state index in [1.165, 1.54) is 12.3 Å². The molecule has 0 fully saturated rings. The van der Waals surface area contributed by atoms with Gasteiger partial charge < -0.3 is 15.5 Å². The van der Waals surface area contributed by atoms with Gasteiger partial charge in [0.15, 0.2) is 15.8 Å². The summed E-state index contributed by atoms with van der Waals surface area (Å²) >= 11 is 0. The van der Waals surface area contributed by atoms with E-state index in [2.05, 4.69) is 15.6 Å². The highest BCUT2D eigenvalue weighted by Crippen LogP contribution is 2.17. The third-order valence-electron chi connectivity index (χ3n) is 4.46. The largest absolute Gasteiger partial charge is 0.357 e. The van der Waals surface area contributed by atoms with Crippen LogP contribution in [0.4, 0.5) is 4.39 Å². The van der Waals surface area contributed by atoms with Crippen molar-refractivity contribution in [2.45, 2.75) is 38.4 Å². The van der Waals surface area contributed by atoms with Gasteiger partial charge in [-0.1, -0.05) is 18.2 Å². The van der Waals surface area contributed by atoms with Crippen molar-refractivity contribution in [3.8, 4) is 0 Å². The fourth-order valence-electron chi connectivity index (χ4n) is 3.12. The number of aryl methyl sites for hydroxylation is 1. The fraction of sp³-hybridized carbons (Fsp3) is 0.409. The van der Waals surface area contributed by atoms with Crippen molar-refractivity contribution in [2.75, 3.05) is 26.9 Å². The van der Waals surface area contributed by atoms with Crippen molar-refractivity contribution in [1.29, 1.82) is 0 Å². The predicted molar refractivity (Wildman–Crippen MR) is 120 cm³/mol. The molecule has 0 aliphatic rings. The van der Waals surface area contributed by atoms with Gasteiger partial charge in [0.05, 0.1) is 11.4 Å². The first-order valence-electron chi connectivity index (χ1n) is 9.84. The van der Waals surface area contributed by atoms with Gasteiger partial charge in [0.2, 0.25) is 0 Å². The number of rotatable bonds is 8. The first kappa shape index (κ1) is 23.8. The summed E-state index contributed by atoms with van der Waals surface area (Å²) in [6.45, 7) is 5.93. The van der Waals surface area contributed by atoms with Gasteiger partial charge in [-0.05, 0) is 62.8 Å². The molecule has 0 saturated heterocycles. The first-order valence-corrected chi connectivity index (χ1v) is 11.7. The quantitative estimate of drug-likeness (QED) is 0.494. The van der Waals surface area contributed by atoms with Crippen molar-refractivity contribution in [3.05, 3.63) is 64.5 Å². The number of hydrogen-bond donors (Lipinski definition) is 2. The van der Waals surface area contributed by atoms with Gasteiger partial charge in [0.1, 0.15) is 5.82 Å². The summed E-state index contributed by atoms with van der Waals surface area (Å²) in [5, 5.41) is 6.46. The summed E-state index contributed by atoms with van der Waals surface area (Å²) in [4.78, 5) is 6.85. The van der Waals surface area contributed by atoms with Gasteiger partial charge in [-0.2, -0.15) is 0 Å². The normalized spacial score (nSPS) is 12.3. The van der Waals surface area contributed by atoms with Crippen LogP contribution in [0.5, 0.6) is 0 Å². The van der Waals surface area contributed by atoms with Gasteiger partial charge in [0, 0.05) is 31.5 Å². The number of nitrogens with one attached hydrogen (secondary N) is 2. The third kappa shape index (κ3) is 7.11. The molecule has 30 heavy (non-hydrogen) atoms. The Morgan fingerprint density at radius 2 is 1.80 bits per heavy atom. The Kier molecular flexibility index (Phi) is 8.37. The second kappa shape index (κ2) is 10.5. The van der Waals surface area contributed by atoms with Gasteiger partial charge in [-0.15, -0.1) is 0 Å². The summed E-state index contributed by atoms with van der Waals surface area (Å²) in [6, 6.07) is 10.4. The number of hydrogen-bond acceptors (Lipinski definition) is 4. The molecule has 0 unspecified atom stereocenters. The molecule has 0 bridgehead atoms. The van der Waals surface area contributed by atoms with Crippen molar-refractivity contribution >= 4 is 15.8 Å². The minimum absolute atomic E-state index is 0.207. The molecule has 0 saturated carbocycles. The summed E-state index contributed by atoms with van der Waals surface area (Å²) in [6.07, 6.45) is 1.21. The maximum absolute atomic E-state index is 14.0. The summed E-state index contributed by atoms with van der Waals surface area (Å²) in [5.74, 6) is 0.432. The van der Waals surface area contributed by atoms with Crippen LogP contribution in [-0.2, 0) is 29.5 Å². The van der Waals surface area contributed by atoms with Crippen LogP contribution in [0.2, 0.25) is 0 Å². The van der Waals surface area contributed by atoms with Crippen LogP contribution in [0.1, 0.15) is 29.2 Å². The summed E-state index contributed by atoms with van der Waals surface area (Å²) in [5.41, 5.74) is 3.25.